The number of nitrogens with zero attached hydrogens (tertiary/aromatic N) is 9. The predicted octanol–water partition coefficient (Wildman–Crippen LogP) is 11.9. The topological polar surface area (TPSA) is 425 Å². The number of carbonyl (C=O) groups excluding carboxylic acids is 9. The number of anilines is 5. The minimum absolute atomic E-state index is 0. The molecule has 4 saturated heterocycles. The Morgan fingerprint density at radius 2 is 0.892 bits per heavy atom. The van der Waals surface area contributed by atoms with Crippen LogP contribution in [0.2, 0.25) is 0 Å². The highest BCUT2D eigenvalue weighted by Crippen LogP contribution is 2.39. The molecule has 10 rings (SSSR count). The lowest BCUT2D eigenvalue weighted by Gasteiger charge is -2.45. The minimum Gasteiger partial charge on any atom is -0.497 e. The molecule has 5 heterocycles. The number of halogens is 1. The lowest BCUT2D eigenvalue weighted by Crippen LogP contribution is -2.61. The summed E-state index contributed by atoms with van der Waals surface area (Å²) in [5, 5.41) is 35.1. The molecule has 4 fully saturated rings. The van der Waals surface area contributed by atoms with Gasteiger partial charge in [-0.05, 0) is 165 Å². The number of nitrogens with one attached hydrogen (secondary N) is 2. The summed E-state index contributed by atoms with van der Waals surface area (Å²) in [5.74, 6) is 2.14. The average Bonchev–Trinajstić information content (AvgIpc) is 0.772. The lowest BCUT2D eigenvalue weighted by atomic mass is 10.0. The monoisotopic (exact) mass is 1690 g/mol. The number of piperazine rings is 4. The Balaban J connectivity index is 0.000000499. The van der Waals surface area contributed by atoms with Gasteiger partial charge in [-0.2, -0.15) is 4.39 Å². The third-order valence-electron chi connectivity index (χ3n) is 17.6. The van der Waals surface area contributed by atoms with Crippen LogP contribution in [0, 0.1) is 26.0 Å². The number of nitro groups is 2. The number of methoxy groups -OCH3 is 6. The molecule has 0 spiro atoms. The highest BCUT2D eigenvalue weighted by Gasteiger charge is 2.42. The fourth-order valence-corrected chi connectivity index (χ4v) is 11.9. The molecule has 666 valence electrons. The Kier molecular flexibility index (Phi) is 39.5. The molecule has 36 nitrogen and oxygen atoms in total. The molecule has 37 heteroatoms. The number of Topliss-reactive ketones (excluding diaryl/α,β-unsaturated/α-hetero) is 3. The van der Waals surface area contributed by atoms with E-state index in [1.807, 2.05) is 96.4 Å². The van der Waals surface area contributed by atoms with Crippen molar-refractivity contribution >= 4 is 93.7 Å². The molecule has 4 unspecified atom stereocenters. The van der Waals surface area contributed by atoms with Crippen molar-refractivity contribution in [3.8, 4) is 34.5 Å². The SMILES string of the molecule is C.CC(=O)C1CN(C(=O)OC(C)(C)C)CCN1.CCO.COc1ccc(C=O)cc1OC.COc1ccc(N)c(N2CCN(C(=O)OC(C)(C)C)CC2C(C)=O)c1.COc1ccc([N+](=O)[O-])c(F)c1.COc1ccc([N+](=O)[O-])c(N2CCN(C(=O)OC(C)(C)C)CC2C(C)=O)c1.COc1ccc2c(c1)N1CCN(C(=O)OC(C)(C)C)CC1C(=O)N2.[HH]. The minimum atomic E-state index is -0.889. The Labute approximate surface area is 702 Å². The first-order valence-corrected chi connectivity index (χ1v) is 38.1. The quantitative estimate of drug-likeness (QED) is 0.0264. The van der Waals surface area contributed by atoms with Gasteiger partial charge >= 0.3 is 30.1 Å². The van der Waals surface area contributed by atoms with Crippen molar-refractivity contribution < 1.29 is 111 Å². The highest BCUT2D eigenvalue weighted by atomic mass is 19.1. The second-order valence-electron chi connectivity index (χ2n) is 31.2. The number of nitrogens with two attached hydrogens (primary N) is 1. The first-order chi connectivity index (χ1) is 55.6. The number of rotatable bonds is 14. The number of hydrogen-bond donors (Lipinski definition) is 4. The van der Waals surface area contributed by atoms with Gasteiger partial charge in [-0.25, -0.2) is 19.2 Å². The van der Waals surface area contributed by atoms with E-state index < -0.39 is 74.1 Å². The van der Waals surface area contributed by atoms with Crippen LogP contribution in [0.3, 0.4) is 0 Å². The number of carbonyl (C=O) groups is 9. The third kappa shape index (κ3) is 31.7. The molecule has 5 N–H and O–H groups in total. The standard InChI is InChI=1S/C18H25N3O6.C18H27N3O4.C17H23N3O4.C11H20N2O3.C9H10O3.C7H6FNO3.C2H6O.CH4.H2/c1-12(22)16-11-19(17(23)27-18(2,3)4)8-9-20(16)15-10-13(26-5)6-7-14(15)21(24)25;1-12(22)16-11-20(17(23)25-18(2,3)4)8-9-21(16)15-10-13(24-5)6-7-14(15)19;1-17(2,3)24-16(22)19-7-8-20-13-9-11(23-4)5-6-12(13)18-15(21)14(20)10-19;1-8(14)9-7-13(6-5-12-9)10(15)16-11(2,3)4;1-11-8-4-3-7(6-10)5-9(8)12-2;1-12-5-2-3-7(9(10)11)6(8)4-5;1-2-3;;/h6-7,10,16H,8-9,11H2,1-5H3;6-7,10,16H,8-9,11,19H2,1-5H3;5-6,9,14H,7-8,10H2,1-4H3,(H,18,21);9,12H,5-7H2,1-4H3;3-6H,1-2H3;2-4H,1H3;3H,2H2,1H3;1H4;1H. The smallest absolute Gasteiger partial charge is 0.410 e. The van der Waals surface area contributed by atoms with E-state index in [0.29, 0.717) is 92.3 Å². The number of nitrogen functional groups attached to an aromatic ring is 1. The number of aliphatic hydroxyl groups is 1. The molecule has 5 aromatic carbocycles. The van der Waals surface area contributed by atoms with Crippen LogP contribution in [0.15, 0.2) is 91.0 Å². The Bertz CT molecular complexity index is 4320. The summed E-state index contributed by atoms with van der Waals surface area (Å²) in [6.07, 6.45) is -0.876. The van der Waals surface area contributed by atoms with Gasteiger partial charge in [0, 0.05) is 109 Å². The maximum Gasteiger partial charge on any atom is 0.410 e. The highest BCUT2D eigenvalue weighted by molar-refractivity contribution is 6.04. The van der Waals surface area contributed by atoms with Gasteiger partial charge in [0.15, 0.2) is 23.1 Å². The number of hydrogen-bond acceptors (Lipinski definition) is 29. The van der Waals surface area contributed by atoms with Crippen molar-refractivity contribution in [3.63, 3.8) is 0 Å². The fraction of sp³-hybridized carbons (Fsp3) is 0.530. The van der Waals surface area contributed by atoms with Crippen LogP contribution >= 0.6 is 0 Å². The molecule has 120 heavy (non-hydrogen) atoms. The van der Waals surface area contributed by atoms with Crippen LogP contribution in [0.5, 0.6) is 34.5 Å². The largest absolute Gasteiger partial charge is 0.497 e. The number of aliphatic hydroxyl groups excluding tert-OH is 1. The van der Waals surface area contributed by atoms with E-state index in [1.54, 1.807) is 99.0 Å². The third-order valence-corrected chi connectivity index (χ3v) is 17.6. The first-order valence-electron chi connectivity index (χ1n) is 38.1. The second-order valence-corrected chi connectivity index (χ2v) is 31.2. The Morgan fingerprint density at radius 3 is 1.29 bits per heavy atom. The molecule has 5 aliphatic rings. The first kappa shape index (κ1) is 102. The molecule has 0 aliphatic carbocycles. The summed E-state index contributed by atoms with van der Waals surface area (Å²) in [6.45, 7) is 32.9. The molecule has 0 saturated carbocycles. The van der Waals surface area contributed by atoms with E-state index in [4.69, 9.17) is 53.5 Å². The number of benzene rings is 5. The van der Waals surface area contributed by atoms with Crippen LogP contribution in [-0.2, 0) is 38.1 Å². The van der Waals surface area contributed by atoms with Gasteiger partial charge in [-0.1, -0.05) is 7.43 Å². The van der Waals surface area contributed by atoms with Crippen molar-refractivity contribution in [1.29, 1.82) is 0 Å². The van der Waals surface area contributed by atoms with Gasteiger partial charge in [-0.15, -0.1) is 0 Å². The van der Waals surface area contributed by atoms with Gasteiger partial charge in [0.25, 0.3) is 5.69 Å². The van der Waals surface area contributed by atoms with Crippen LogP contribution in [-0.4, -0.2) is 263 Å². The summed E-state index contributed by atoms with van der Waals surface area (Å²) in [7, 11) is 9.11. The number of nitro benzene ring substituents is 2. The van der Waals surface area contributed by atoms with E-state index in [-0.39, 0.29) is 94.6 Å². The molecule has 0 aromatic heterocycles. The van der Waals surface area contributed by atoms with Gasteiger partial charge in [0.05, 0.1) is 101 Å². The number of amides is 5. The summed E-state index contributed by atoms with van der Waals surface area (Å²) >= 11 is 0. The van der Waals surface area contributed by atoms with Crippen LogP contribution < -0.4 is 59.5 Å². The Hall–Kier alpha value is -12.0. The number of ketones is 3. The van der Waals surface area contributed by atoms with E-state index in [9.17, 15) is 67.8 Å². The van der Waals surface area contributed by atoms with Crippen LogP contribution in [0.25, 0.3) is 0 Å². The average molecular weight is 1690 g/mol. The summed E-state index contributed by atoms with van der Waals surface area (Å²) < 4.78 is 64.6. The second kappa shape index (κ2) is 46.4. The molecule has 0 radical (unpaired) electrons. The van der Waals surface area contributed by atoms with Crippen molar-refractivity contribution in [2.45, 2.75) is 165 Å². The lowest BCUT2D eigenvalue weighted by molar-refractivity contribution is -0.387. The van der Waals surface area contributed by atoms with Gasteiger partial charge in [0.1, 0.15) is 81.3 Å². The van der Waals surface area contributed by atoms with E-state index in [0.717, 1.165) is 41.2 Å². The zero-order valence-electron chi connectivity index (χ0n) is 72.1. The van der Waals surface area contributed by atoms with Gasteiger partial charge in [-0.3, -0.25) is 44.2 Å². The Morgan fingerprint density at radius 1 is 0.508 bits per heavy atom. The normalized spacial score (nSPS) is 16.6. The van der Waals surface area contributed by atoms with Crippen LogP contribution in [0.4, 0.5) is 63.4 Å². The predicted molar refractivity (Wildman–Crippen MR) is 453 cm³/mol. The number of fused-ring (bicyclic) bond motifs is 3. The summed E-state index contributed by atoms with van der Waals surface area (Å²) in [6, 6.07) is 21.8. The van der Waals surface area contributed by atoms with Crippen molar-refractivity contribution in [3.05, 3.63) is 123 Å². The fourth-order valence-electron chi connectivity index (χ4n) is 11.9. The molecule has 5 aromatic rings. The zero-order valence-corrected chi connectivity index (χ0v) is 72.1. The number of ether oxygens (including phenoxy) is 10. The molecule has 5 amide bonds. The maximum absolute atomic E-state index is 12.8. The van der Waals surface area contributed by atoms with Crippen molar-refractivity contribution in [1.82, 2.24) is 24.9 Å². The van der Waals surface area contributed by atoms with Crippen LogP contribution in [0.1, 0.15) is 130 Å². The van der Waals surface area contributed by atoms with Crippen molar-refractivity contribution in [2.24, 2.45) is 0 Å². The van der Waals surface area contributed by atoms with Gasteiger partial charge in [0.2, 0.25) is 11.7 Å². The maximum atomic E-state index is 12.8. The summed E-state index contributed by atoms with van der Waals surface area (Å²) in [4.78, 5) is 139. The van der Waals surface area contributed by atoms with Gasteiger partial charge < -0.3 is 103 Å². The summed E-state index contributed by atoms with van der Waals surface area (Å²) in [5.41, 5.74) is 7.04. The van der Waals surface area contributed by atoms with E-state index in [2.05, 4.69) is 15.4 Å². The zero-order chi connectivity index (χ0) is 89.8. The molecular formula is C83H123FN12O24. The number of aldehydes is 1. The van der Waals surface area contributed by atoms with E-state index in [1.165, 1.54) is 71.3 Å². The molecule has 4 atom stereocenters. The van der Waals surface area contributed by atoms with E-state index >= 15 is 0 Å². The van der Waals surface area contributed by atoms with Crippen molar-refractivity contribution in [2.75, 3.05) is 154 Å². The molecular weight excluding hydrogens is 1570 g/mol. The molecule has 0 bridgehead atoms. The molecule has 5 aliphatic heterocycles.